The van der Waals surface area contributed by atoms with E-state index in [0.717, 1.165) is 11.3 Å². The third-order valence-electron chi connectivity index (χ3n) is 3.69. The summed E-state index contributed by atoms with van der Waals surface area (Å²) >= 11 is 1.65. The van der Waals surface area contributed by atoms with E-state index in [1.807, 2.05) is 6.26 Å². The summed E-state index contributed by atoms with van der Waals surface area (Å²) in [5, 5.41) is 2.77. The van der Waals surface area contributed by atoms with E-state index in [-0.39, 0.29) is 24.3 Å². The number of nitrogens with one attached hydrogen (secondary N) is 1. The van der Waals surface area contributed by atoms with Gasteiger partial charge in [-0.15, -0.1) is 0 Å². The van der Waals surface area contributed by atoms with Gasteiger partial charge in [0, 0.05) is 18.5 Å². The molecule has 23 heavy (non-hydrogen) atoms. The summed E-state index contributed by atoms with van der Waals surface area (Å²) in [6.07, 6.45) is 3.19. The molecular formula is C16H21N3O3S. The first-order valence-electron chi connectivity index (χ1n) is 7.49. The summed E-state index contributed by atoms with van der Waals surface area (Å²) in [7, 11) is 0. The van der Waals surface area contributed by atoms with Crippen LogP contribution in [-0.4, -0.2) is 40.7 Å². The number of benzene rings is 1. The minimum Gasteiger partial charge on any atom is -0.325 e. The molecule has 0 saturated carbocycles. The first-order valence-corrected chi connectivity index (χ1v) is 8.88. The van der Waals surface area contributed by atoms with Crippen molar-refractivity contribution >= 4 is 35.2 Å². The van der Waals surface area contributed by atoms with Crippen LogP contribution in [0.2, 0.25) is 0 Å². The Morgan fingerprint density at radius 1 is 1.26 bits per heavy atom. The molecule has 1 aromatic rings. The fourth-order valence-corrected chi connectivity index (χ4v) is 2.78. The fourth-order valence-electron chi connectivity index (χ4n) is 2.29. The maximum absolute atomic E-state index is 11.9. The van der Waals surface area contributed by atoms with Crippen LogP contribution in [0.1, 0.15) is 24.8 Å². The number of thioether (sulfide) groups is 1. The van der Waals surface area contributed by atoms with Crippen LogP contribution in [0.3, 0.4) is 0 Å². The van der Waals surface area contributed by atoms with Crippen LogP contribution in [0.4, 0.5) is 5.69 Å². The Labute approximate surface area is 139 Å². The highest BCUT2D eigenvalue weighted by molar-refractivity contribution is 7.98. The third-order valence-corrected chi connectivity index (χ3v) is 4.33. The molecule has 2 rings (SSSR count). The van der Waals surface area contributed by atoms with Crippen LogP contribution in [0.25, 0.3) is 0 Å². The van der Waals surface area contributed by atoms with E-state index in [1.165, 1.54) is 4.90 Å². The number of amides is 3. The lowest BCUT2D eigenvalue weighted by atomic mass is 10.1. The second-order valence-corrected chi connectivity index (χ2v) is 6.43. The number of rotatable bonds is 7. The van der Waals surface area contributed by atoms with Gasteiger partial charge in [-0.05, 0) is 36.1 Å². The van der Waals surface area contributed by atoms with Gasteiger partial charge < -0.3 is 11.1 Å². The summed E-state index contributed by atoms with van der Waals surface area (Å²) in [6.45, 7) is 0.277. The minimum absolute atomic E-state index is 0.132. The average molecular weight is 335 g/mol. The number of imide groups is 1. The molecule has 1 atom stereocenters. The Hall–Kier alpha value is -1.86. The van der Waals surface area contributed by atoms with Crippen molar-refractivity contribution in [1.82, 2.24) is 4.90 Å². The van der Waals surface area contributed by atoms with Crippen molar-refractivity contribution in [2.45, 2.75) is 31.8 Å². The predicted molar refractivity (Wildman–Crippen MR) is 90.8 cm³/mol. The molecule has 0 unspecified atom stereocenters. The molecule has 1 aliphatic heterocycles. The second-order valence-electron chi connectivity index (χ2n) is 5.45. The monoisotopic (exact) mass is 335 g/mol. The van der Waals surface area contributed by atoms with Gasteiger partial charge in [-0.2, -0.15) is 11.8 Å². The molecule has 1 heterocycles. The van der Waals surface area contributed by atoms with Gasteiger partial charge in [0.1, 0.15) is 0 Å². The van der Waals surface area contributed by atoms with Crippen molar-refractivity contribution < 1.29 is 14.4 Å². The first-order chi connectivity index (χ1) is 11.0. The van der Waals surface area contributed by atoms with Crippen molar-refractivity contribution in [2.24, 2.45) is 5.73 Å². The minimum atomic E-state index is -0.526. The summed E-state index contributed by atoms with van der Waals surface area (Å²) < 4.78 is 0. The number of likely N-dealkylation sites (tertiary alicyclic amines) is 1. The predicted octanol–water partition coefficient (Wildman–Crippen LogP) is 1.35. The summed E-state index contributed by atoms with van der Waals surface area (Å²) in [5.74, 6) is 0.363. The number of nitrogens with two attached hydrogens (primary N) is 1. The van der Waals surface area contributed by atoms with E-state index in [0.29, 0.717) is 24.9 Å². The molecule has 1 aliphatic rings. The van der Waals surface area contributed by atoms with Gasteiger partial charge in [0.15, 0.2) is 0 Å². The first kappa shape index (κ1) is 17.5. The van der Waals surface area contributed by atoms with Gasteiger partial charge in [0.2, 0.25) is 17.7 Å². The van der Waals surface area contributed by atoms with Crippen molar-refractivity contribution in [3.8, 4) is 0 Å². The zero-order chi connectivity index (χ0) is 16.8. The van der Waals surface area contributed by atoms with Gasteiger partial charge in [-0.1, -0.05) is 12.1 Å². The molecule has 0 spiro atoms. The average Bonchev–Trinajstić information content (AvgIpc) is 2.86. The van der Waals surface area contributed by atoms with E-state index < -0.39 is 6.04 Å². The molecule has 1 aromatic carbocycles. The molecule has 0 aromatic heterocycles. The van der Waals surface area contributed by atoms with E-state index in [2.05, 4.69) is 5.32 Å². The third kappa shape index (κ3) is 4.80. The van der Waals surface area contributed by atoms with Crippen molar-refractivity contribution in [1.29, 1.82) is 0 Å². The topological polar surface area (TPSA) is 92.5 Å². The largest absolute Gasteiger partial charge is 0.325 e. The van der Waals surface area contributed by atoms with E-state index in [1.54, 1.807) is 36.0 Å². The number of nitrogens with zero attached hydrogens (tertiary/aromatic N) is 1. The summed E-state index contributed by atoms with van der Waals surface area (Å²) in [5.41, 5.74) is 7.31. The van der Waals surface area contributed by atoms with Crippen LogP contribution >= 0.6 is 11.8 Å². The molecule has 3 N–H and O–H groups in total. The van der Waals surface area contributed by atoms with E-state index in [9.17, 15) is 14.4 Å². The molecule has 0 bridgehead atoms. The van der Waals surface area contributed by atoms with Crippen molar-refractivity contribution in [3.63, 3.8) is 0 Å². The molecule has 7 heteroatoms. The highest BCUT2D eigenvalue weighted by Crippen LogP contribution is 2.17. The highest BCUT2D eigenvalue weighted by Gasteiger charge is 2.28. The van der Waals surface area contributed by atoms with Gasteiger partial charge >= 0.3 is 0 Å². The Morgan fingerprint density at radius 2 is 1.87 bits per heavy atom. The van der Waals surface area contributed by atoms with E-state index >= 15 is 0 Å². The highest BCUT2D eigenvalue weighted by atomic mass is 32.2. The molecule has 0 radical (unpaired) electrons. The number of hydrogen-bond acceptors (Lipinski definition) is 5. The Kier molecular flexibility index (Phi) is 6.18. The zero-order valence-corrected chi connectivity index (χ0v) is 13.9. The van der Waals surface area contributed by atoms with Crippen LogP contribution < -0.4 is 11.1 Å². The SMILES string of the molecule is CSCC[C@H](N)C(=O)Nc1ccc(CN2C(=O)CCC2=O)cc1. The second kappa shape index (κ2) is 8.12. The summed E-state index contributed by atoms with van der Waals surface area (Å²) in [6, 6.07) is 6.56. The lowest BCUT2D eigenvalue weighted by molar-refractivity contribution is -0.139. The van der Waals surface area contributed by atoms with Gasteiger partial charge in [0.25, 0.3) is 0 Å². The Balaban J connectivity index is 1.90. The van der Waals surface area contributed by atoms with Crippen LogP contribution in [0, 0.1) is 0 Å². The molecule has 3 amide bonds. The maximum atomic E-state index is 11.9. The quantitative estimate of drug-likeness (QED) is 0.734. The smallest absolute Gasteiger partial charge is 0.241 e. The Morgan fingerprint density at radius 3 is 2.43 bits per heavy atom. The number of carbonyl (C=O) groups excluding carboxylic acids is 3. The maximum Gasteiger partial charge on any atom is 0.241 e. The molecule has 0 aliphatic carbocycles. The summed E-state index contributed by atoms with van der Waals surface area (Å²) in [4.78, 5) is 36.4. The van der Waals surface area contributed by atoms with Gasteiger partial charge in [0.05, 0.1) is 12.6 Å². The van der Waals surface area contributed by atoms with Gasteiger partial charge in [-0.3, -0.25) is 19.3 Å². The molecule has 1 fully saturated rings. The van der Waals surface area contributed by atoms with Crippen LogP contribution in [0.15, 0.2) is 24.3 Å². The Bertz CT molecular complexity index is 573. The standard InChI is InChI=1S/C16H21N3O3S/c1-23-9-8-13(17)16(22)18-12-4-2-11(3-5-12)10-19-14(20)6-7-15(19)21/h2-5,13H,6-10,17H2,1H3,(H,18,22)/t13-/m0/s1. The van der Waals surface area contributed by atoms with Crippen molar-refractivity contribution in [2.75, 3.05) is 17.3 Å². The molecule has 6 nitrogen and oxygen atoms in total. The molecule has 1 saturated heterocycles. The number of hydrogen-bond donors (Lipinski definition) is 2. The lowest BCUT2D eigenvalue weighted by Crippen LogP contribution is -2.36. The fraction of sp³-hybridized carbons (Fsp3) is 0.438. The normalized spacial score (nSPS) is 15.8. The molecule has 124 valence electrons. The van der Waals surface area contributed by atoms with E-state index in [4.69, 9.17) is 5.73 Å². The van der Waals surface area contributed by atoms with Crippen LogP contribution in [-0.2, 0) is 20.9 Å². The van der Waals surface area contributed by atoms with Gasteiger partial charge in [-0.25, -0.2) is 0 Å². The number of anilines is 1. The zero-order valence-electron chi connectivity index (χ0n) is 13.1. The van der Waals surface area contributed by atoms with Crippen molar-refractivity contribution in [3.05, 3.63) is 29.8 Å². The number of carbonyl (C=O) groups is 3. The molecular weight excluding hydrogens is 314 g/mol. The van der Waals surface area contributed by atoms with Crippen LogP contribution in [0.5, 0.6) is 0 Å². The lowest BCUT2D eigenvalue weighted by Gasteiger charge is -2.15.